The van der Waals surface area contributed by atoms with Crippen LogP contribution in [0, 0.1) is 24.7 Å². The second-order valence-electron chi connectivity index (χ2n) is 5.78. The van der Waals surface area contributed by atoms with Crippen LogP contribution in [0.25, 0.3) is 0 Å². The lowest BCUT2D eigenvalue weighted by molar-refractivity contribution is 0.426. The van der Waals surface area contributed by atoms with E-state index in [9.17, 15) is 0 Å². The molecule has 1 aromatic rings. The first-order valence-corrected chi connectivity index (χ1v) is 7.11. The summed E-state index contributed by atoms with van der Waals surface area (Å²) >= 11 is 0. The lowest BCUT2D eigenvalue weighted by atomic mass is 9.96. The van der Waals surface area contributed by atoms with Crippen molar-refractivity contribution in [1.82, 2.24) is 5.32 Å². The van der Waals surface area contributed by atoms with Crippen molar-refractivity contribution >= 4 is 0 Å². The predicted octanol–water partition coefficient (Wildman–Crippen LogP) is 3.69. The first-order valence-electron chi connectivity index (χ1n) is 7.11. The molecular weight excluding hydrogens is 206 g/mol. The molecule has 0 saturated heterocycles. The number of fused-ring (bicyclic) bond motifs is 1. The van der Waals surface area contributed by atoms with Crippen molar-refractivity contribution in [3.8, 4) is 0 Å². The van der Waals surface area contributed by atoms with Gasteiger partial charge < -0.3 is 5.32 Å². The van der Waals surface area contributed by atoms with E-state index in [-0.39, 0.29) is 0 Å². The highest BCUT2D eigenvalue weighted by Crippen LogP contribution is 2.62. The molecule has 2 fully saturated rings. The molecule has 0 amide bonds. The third kappa shape index (κ3) is 2.01. The number of rotatable bonds is 4. The second-order valence-corrected chi connectivity index (χ2v) is 5.78. The zero-order chi connectivity index (χ0) is 11.8. The van der Waals surface area contributed by atoms with Crippen LogP contribution in [0.5, 0.6) is 0 Å². The van der Waals surface area contributed by atoms with Crippen molar-refractivity contribution in [3.05, 3.63) is 35.4 Å². The van der Waals surface area contributed by atoms with Crippen LogP contribution in [0.4, 0.5) is 0 Å². The van der Waals surface area contributed by atoms with Crippen molar-refractivity contribution in [3.63, 3.8) is 0 Å². The fourth-order valence-corrected chi connectivity index (χ4v) is 3.84. The van der Waals surface area contributed by atoms with E-state index in [4.69, 9.17) is 0 Å². The number of hydrogen-bond donors (Lipinski definition) is 1. The summed E-state index contributed by atoms with van der Waals surface area (Å²) in [5, 5.41) is 3.71. The predicted molar refractivity (Wildman–Crippen MR) is 71.9 cm³/mol. The monoisotopic (exact) mass is 229 g/mol. The largest absolute Gasteiger partial charge is 0.310 e. The Bertz CT molecular complexity index is 371. The normalized spacial score (nSPS) is 32.2. The molecule has 0 aliphatic heterocycles. The summed E-state index contributed by atoms with van der Waals surface area (Å²) in [4.78, 5) is 0. The van der Waals surface area contributed by atoms with Crippen LogP contribution >= 0.6 is 0 Å². The third-order valence-electron chi connectivity index (χ3n) is 4.72. The average Bonchev–Trinajstić information content (AvgIpc) is 2.80. The molecule has 3 unspecified atom stereocenters. The Labute approximate surface area is 105 Å². The van der Waals surface area contributed by atoms with Crippen molar-refractivity contribution in [2.24, 2.45) is 17.8 Å². The van der Waals surface area contributed by atoms with Gasteiger partial charge in [0.05, 0.1) is 0 Å². The fraction of sp³-hybridized carbons (Fsp3) is 0.625. The highest BCUT2D eigenvalue weighted by Gasteiger charge is 2.55. The molecule has 1 nitrogen and oxygen atoms in total. The van der Waals surface area contributed by atoms with Gasteiger partial charge in [-0.05, 0) is 49.6 Å². The Morgan fingerprint density at radius 1 is 1.18 bits per heavy atom. The maximum atomic E-state index is 3.71. The Balaban J connectivity index is 1.78. The molecule has 92 valence electrons. The van der Waals surface area contributed by atoms with Crippen molar-refractivity contribution in [2.45, 2.75) is 39.2 Å². The highest BCUT2D eigenvalue weighted by atomic mass is 14.9. The molecule has 0 spiro atoms. The van der Waals surface area contributed by atoms with Gasteiger partial charge in [0.2, 0.25) is 0 Å². The van der Waals surface area contributed by atoms with Gasteiger partial charge in [-0.25, -0.2) is 0 Å². The Morgan fingerprint density at radius 3 is 2.41 bits per heavy atom. The van der Waals surface area contributed by atoms with E-state index in [1.165, 1.54) is 30.4 Å². The van der Waals surface area contributed by atoms with Crippen LogP contribution in [-0.2, 0) is 0 Å². The zero-order valence-corrected chi connectivity index (χ0v) is 10.9. The van der Waals surface area contributed by atoms with Crippen LogP contribution in [0.1, 0.15) is 43.4 Å². The van der Waals surface area contributed by atoms with Gasteiger partial charge in [0.25, 0.3) is 0 Å². The van der Waals surface area contributed by atoms with Crippen molar-refractivity contribution < 1.29 is 0 Å². The number of hydrogen-bond acceptors (Lipinski definition) is 1. The van der Waals surface area contributed by atoms with E-state index in [1.54, 1.807) is 0 Å². The molecule has 3 rings (SSSR count). The number of aryl methyl sites for hydroxylation is 1. The second kappa shape index (κ2) is 4.45. The third-order valence-corrected chi connectivity index (χ3v) is 4.72. The molecule has 1 heteroatoms. The summed E-state index contributed by atoms with van der Waals surface area (Å²) in [6, 6.07) is 9.74. The van der Waals surface area contributed by atoms with Gasteiger partial charge in [0.1, 0.15) is 0 Å². The van der Waals surface area contributed by atoms with Crippen LogP contribution in [0.15, 0.2) is 24.3 Å². The van der Waals surface area contributed by atoms with Gasteiger partial charge in [-0.1, -0.05) is 43.2 Å². The van der Waals surface area contributed by atoms with E-state index < -0.39 is 0 Å². The summed E-state index contributed by atoms with van der Waals surface area (Å²) < 4.78 is 0. The summed E-state index contributed by atoms with van der Waals surface area (Å²) in [6.07, 6.45) is 4.42. The smallest absolute Gasteiger partial charge is 0.0354 e. The minimum atomic E-state index is 0.607. The number of nitrogens with one attached hydrogen (secondary N) is 1. The maximum absolute atomic E-state index is 3.71. The molecule has 0 radical (unpaired) electrons. The molecule has 1 N–H and O–H groups in total. The van der Waals surface area contributed by atoms with E-state index in [2.05, 4.69) is 43.4 Å². The van der Waals surface area contributed by atoms with E-state index in [0.717, 1.165) is 24.3 Å². The molecule has 2 aliphatic carbocycles. The standard InChI is InChI=1S/C16H23N/c1-3-17-16(12-9-7-11(2)8-10-12)15-13-5-4-6-14(13)15/h7-10,13-17H,3-6H2,1-2H3. The molecule has 0 heterocycles. The lowest BCUT2D eigenvalue weighted by Gasteiger charge is -2.20. The summed E-state index contributed by atoms with van der Waals surface area (Å²) in [5.74, 6) is 2.98. The SMILES string of the molecule is CCNC(c1ccc(C)cc1)C1C2CCCC21. The number of benzene rings is 1. The van der Waals surface area contributed by atoms with Gasteiger partial charge >= 0.3 is 0 Å². The summed E-state index contributed by atoms with van der Waals surface area (Å²) in [6.45, 7) is 5.46. The van der Waals surface area contributed by atoms with Gasteiger partial charge in [-0.3, -0.25) is 0 Å². The van der Waals surface area contributed by atoms with Crippen LogP contribution in [0.3, 0.4) is 0 Å². The molecule has 2 aliphatic rings. The Hall–Kier alpha value is -0.820. The van der Waals surface area contributed by atoms with Crippen molar-refractivity contribution in [1.29, 1.82) is 0 Å². The topological polar surface area (TPSA) is 12.0 Å². The van der Waals surface area contributed by atoms with Crippen LogP contribution in [-0.4, -0.2) is 6.54 Å². The fourth-order valence-electron chi connectivity index (χ4n) is 3.84. The molecular formula is C16H23N. The van der Waals surface area contributed by atoms with Crippen molar-refractivity contribution in [2.75, 3.05) is 6.54 Å². The van der Waals surface area contributed by atoms with E-state index in [1.807, 2.05) is 0 Å². The minimum Gasteiger partial charge on any atom is -0.310 e. The first-order chi connectivity index (χ1) is 8.31. The van der Waals surface area contributed by atoms with E-state index in [0.29, 0.717) is 6.04 Å². The first kappa shape index (κ1) is 11.3. The lowest BCUT2D eigenvalue weighted by Crippen LogP contribution is -2.24. The van der Waals surface area contributed by atoms with Crippen LogP contribution < -0.4 is 5.32 Å². The molecule has 17 heavy (non-hydrogen) atoms. The quantitative estimate of drug-likeness (QED) is 0.830. The Kier molecular flexibility index (Phi) is 2.96. The summed E-state index contributed by atoms with van der Waals surface area (Å²) in [5.41, 5.74) is 2.86. The molecule has 0 aromatic heterocycles. The average molecular weight is 229 g/mol. The highest BCUT2D eigenvalue weighted by molar-refractivity contribution is 5.27. The van der Waals surface area contributed by atoms with Gasteiger partial charge in [-0.2, -0.15) is 0 Å². The zero-order valence-electron chi connectivity index (χ0n) is 10.9. The van der Waals surface area contributed by atoms with Gasteiger partial charge in [-0.15, -0.1) is 0 Å². The molecule has 0 bridgehead atoms. The van der Waals surface area contributed by atoms with Gasteiger partial charge in [0.15, 0.2) is 0 Å². The Morgan fingerprint density at radius 2 is 1.82 bits per heavy atom. The summed E-state index contributed by atoms with van der Waals surface area (Å²) in [7, 11) is 0. The van der Waals surface area contributed by atoms with Crippen LogP contribution in [0.2, 0.25) is 0 Å². The minimum absolute atomic E-state index is 0.607. The molecule has 3 atom stereocenters. The molecule has 2 saturated carbocycles. The van der Waals surface area contributed by atoms with Gasteiger partial charge in [0, 0.05) is 6.04 Å². The molecule has 1 aromatic carbocycles. The maximum Gasteiger partial charge on any atom is 0.0354 e. The van der Waals surface area contributed by atoms with E-state index >= 15 is 0 Å².